The average molecular weight is 477 g/mol. The van der Waals surface area contributed by atoms with E-state index in [4.69, 9.17) is 0 Å². The zero-order valence-corrected chi connectivity index (χ0v) is 23.5. The molecule has 0 spiro atoms. The van der Waals surface area contributed by atoms with Crippen LogP contribution in [0.25, 0.3) is 43.1 Å². The SMILES string of the molecule is CC.CC.CC.CC.c1ccc2c(c1)ccc1ccccc12.c1ccc2cc3ccccc3cc2c1. The summed E-state index contributed by atoms with van der Waals surface area (Å²) in [6.45, 7) is 16.0. The number of hydrogen-bond acceptors (Lipinski definition) is 0. The van der Waals surface area contributed by atoms with E-state index < -0.39 is 0 Å². The van der Waals surface area contributed by atoms with Crippen LogP contribution in [0.4, 0.5) is 0 Å². The van der Waals surface area contributed by atoms with E-state index in [-0.39, 0.29) is 0 Å². The Morgan fingerprint density at radius 2 is 0.472 bits per heavy atom. The van der Waals surface area contributed by atoms with Gasteiger partial charge in [-0.15, -0.1) is 0 Å². The highest BCUT2D eigenvalue weighted by molar-refractivity contribution is 6.07. The Hall–Kier alpha value is -3.64. The summed E-state index contributed by atoms with van der Waals surface area (Å²) in [5.74, 6) is 0. The van der Waals surface area contributed by atoms with Gasteiger partial charge in [0.05, 0.1) is 0 Å². The molecule has 0 bridgehead atoms. The van der Waals surface area contributed by atoms with Crippen molar-refractivity contribution in [2.75, 3.05) is 0 Å². The Kier molecular flexibility index (Phi) is 15.0. The summed E-state index contributed by atoms with van der Waals surface area (Å²) in [6.07, 6.45) is 0. The molecule has 0 aliphatic carbocycles. The van der Waals surface area contributed by atoms with Crippen LogP contribution in [0.2, 0.25) is 0 Å². The fourth-order valence-electron chi connectivity index (χ4n) is 3.84. The van der Waals surface area contributed by atoms with Gasteiger partial charge in [0.1, 0.15) is 0 Å². The quantitative estimate of drug-likeness (QED) is 0.151. The maximum atomic E-state index is 2.24. The molecule has 0 fully saturated rings. The third kappa shape index (κ3) is 7.95. The van der Waals surface area contributed by atoms with E-state index in [2.05, 4.69) is 121 Å². The summed E-state index contributed by atoms with van der Waals surface area (Å²) in [5, 5.41) is 10.5. The van der Waals surface area contributed by atoms with Crippen molar-refractivity contribution in [3.63, 3.8) is 0 Å². The molecule has 0 heteroatoms. The Labute approximate surface area is 219 Å². The lowest BCUT2D eigenvalue weighted by molar-refractivity contribution is 1.50. The minimum atomic E-state index is 1.31. The van der Waals surface area contributed by atoms with Crippen LogP contribution in [0, 0.1) is 0 Å². The largest absolute Gasteiger partial charge is 0.0683 e. The Balaban J connectivity index is 0.000000283. The first-order valence-electron chi connectivity index (χ1n) is 13.6. The summed E-state index contributed by atoms with van der Waals surface area (Å²) >= 11 is 0. The Morgan fingerprint density at radius 3 is 0.750 bits per heavy atom. The third-order valence-electron chi connectivity index (χ3n) is 5.27. The number of hydrogen-bond donors (Lipinski definition) is 0. The van der Waals surface area contributed by atoms with Gasteiger partial charge < -0.3 is 0 Å². The molecule has 0 nitrogen and oxygen atoms in total. The lowest BCUT2D eigenvalue weighted by Gasteiger charge is -2.02. The van der Waals surface area contributed by atoms with Gasteiger partial charge in [-0.2, -0.15) is 0 Å². The zero-order valence-electron chi connectivity index (χ0n) is 23.5. The van der Waals surface area contributed by atoms with Crippen LogP contribution in [0.3, 0.4) is 0 Å². The highest BCUT2D eigenvalue weighted by atomic mass is 14.0. The first kappa shape index (κ1) is 30.4. The predicted octanol–water partition coefficient (Wildman–Crippen LogP) is 12.1. The molecular weight excluding hydrogens is 432 g/mol. The number of rotatable bonds is 0. The average Bonchev–Trinajstić information content (AvgIpc) is 3.00. The maximum absolute atomic E-state index is 2.24. The molecule has 36 heavy (non-hydrogen) atoms. The lowest BCUT2D eigenvalue weighted by Crippen LogP contribution is -1.75. The van der Waals surface area contributed by atoms with Crippen molar-refractivity contribution in [1.29, 1.82) is 0 Å². The topological polar surface area (TPSA) is 0 Å². The summed E-state index contributed by atoms with van der Waals surface area (Å²) in [6, 6.07) is 42.8. The normalized spacial score (nSPS) is 9.11. The fourth-order valence-corrected chi connectivity index (χ4v) is 3.84. The number of benzene rings is 6. The highest BCUT2D eigenvalue weighted by Gasteiger charge is 1.97. The molecule has 188 valence electrons. The van der Waals surface area contributed by atoms with Gasteiger partial charge in [-0.25, -0.2) is 0 Å². The molecule has 0 unspecified atom stereocenters. The monoisotopic (exact) mass is 476 g/mol. The van der Waals surface area contributed by atoms with E-state index in [9.17, 15) is 0 Å². The van der Waals surface area contributed by atoms with E-state index in [0.29, 0.717) is 0 Å². The van der Waals surface area contributed by atoms with Crippen LogP contribution < -0.4 is 0 Å². The molecule has 6 aromatic carbocycles. The third-order valence-corrected chi connectivity index (χ3v) is 5.27. The molecule has 0 aliphatic rings. The molecule has 0 saturated carbocycles. The first-order chi connectivity index (χ1) is 17.9. The standard InChI is InChI=1S/2C14H10.4C2H6/c1-3-7-13-11(5-1)9-10-12-6-2-4-8-14(12)13;1-2-6-12-10-14-8-4-3-7-13(14)9-11(12)5-1;4*1-2/h2*1-10H;4*1-2H3. The van der Waals surface area contributed by atoms with Crippen molar-refractivity contribution in [3.8, 4) is 0 Å². The van der Waals surface area contributed by atoms with E-state index in [1.807, 2.05) is 55.4 Å². The van der Waals surface area contributed by atoms with Crippen molar-refractivity contribution >= 4 is 43.1 Å². The van der Waals surface area contributed by atoms with Crippen LogP contribution in [-0.2, 0) is 0 Å². The van der Waals surface area contributed by atoms with Gasteiger partial charge in [-0.3, -0.25) is 0 Å². The molecule has 0 saturated heterocycles. The van der Waals surface area contributed by atoms with Crippen molar-refractivity contribution in [2.24, 2.45) is 0 Å². The molecule has 0 atom stereocenters. The fraction of sp³-hybridized carbons (Fsp3) is 0.222. The van der Waals surface area contributed by atoms with Gasteiger partial charge in [0.15, 0.2) is 0 Å². The highest BCUT2D eigenvalue weighted by Crippen LogP contribution is 2.24. The predicted molar refractivity (Wildman–Crippen MR) is 168 cm³/mol. The summed E-state index contributed by atoms with van der Waals surface area (Å²) < 4.78 is 0. The molecule has 6 aromatic rings. The summed E-state index contributed by atoms with van der Waals surface area (Å²) in [7, 11) is 0. The minimum Gasteiger partial charge on any atom is -0.0683 e. The second kappa shape index (κ2) is 17.7. The van der Waals surface area contributed by atoms with Crippen LogP contribution >= 0.6 is 0 Å². The van der Waals surface area contributed by atoms with Crippen molar-refractivity contribution in [2.45, 2.75) is 55.4 Å². The molecule has 0 heterocycles. The summed E-state index contributed by atoms with van der Waals surface area (Å²) in [4.78, 5) is 0. The number of fused-ring (bicyclic) bond motifs is 5. The van der Waals surface area contributed by atoms with E-state index in [1.165, 1.54) is 43.1 Å². The molecule has 0 N–H and O–H groups in total. The molecule has 0 aromatic heterocycles. The van der Waals surface area contributed by atoms with Gasteiger partial charge in [-0.05, 0) is 55.2 Å². The molecule has 0 radical (unpaired) electrons. The van der Waals surface area contributed by atoms with E-state index in [1.54, 1.807) is 0 Å². The van der Waals surface area contributed by atoms with Gasteiger partial charge in [0, 0.05) is 0 Å². The summed E-state index contributed by atoms with van der Waals surface area (Å²) in [5.41, 5.74) is 0. The Morgan fingerprint density at radius 1 is 0.250 bits per heavy atom. The second-order valence-electron chi connectivity index (χ2n) is 7.05. The molecule has 0 amide bonds. The van der Waals surface area contributed by atoms with E-state index >= 15 is 0 Å². The molecule has 6 rings (SSSR count). The van der Waals surface area contributed by atoms with Crippen molar-refractivity contribution < 1.29 is 0 Å². The minimum absolute atomic E-state index is 1.31. The van der Waals surface area contributed by atoms with E-state index in [0.717, 1.165) is 0 Å². The van der Waals surface area contributed by atoms with Crippen molar-refractivity contribution in [1.82, 2.24) is 0 Å². The van der Waals surface area contributed by atoms with Crippen LogP contribution in [0.5, 0.6) is 0 Å². The van der Waals surface area contributed by atoms with Crippen LogP contribution in [0.15, 0.2) is 121 Å². The van der Waals surface area contributed by atoms with Gasteiger partial charge >= 0.3 is 0 Å². The van der Waals surface area contributed by atoms with Crippen molar-refractivity contribution in [3.05, 3.63) is 121 Å². The Bertz CT molecular complexity index is 1230. The van der Waals surface area contributed by atoms with Crippen LogP contribution in [0.1, 0.15) is 55.4 Å². The molecular formula is C36H44. The smallest absolute Gasteiger partial charge is 0.0105 e. The van der Waals surface area contributed by atoms with Gasteiger partial charge in [0.25, 0.3) is 0 Å². The lowest BCUT2D eigenvalue weighted by atomic mass is 10.0. The first-order valence-corrected chi connectivity index (χ1v) is 13.6. The second-order valence-corrected chi connectivity index (χ2v) is 7.05. The van der Waals surface area contributed by atoms with Gasteiger partial charge in [-0.1, -0.05) is 165 Å². The maximum Gasteiger partial charge on any atom is -0.0105 e. The van der Waals surface area contributed by atoms with Gasteiger partial charge in [0.2, 0.25) is 0 Å². The molecule has 0 aliphatic heterocycles. The zero-order chi connectivity index (χ0) is 26.8. The van der Waals surface area contributed by atoms with Crippen LogP contribution in [-0.4, -0.2) is 0 Å².